The normalized spacial score (nSPS) is 10.7. The highest BCUT2D eigenvalue weighted by molar-refractivity contribution is 6.04. The van der Waals surface area contributed by atoms with Gasteiger partial charge in [-0.3, -0.25) is 9.59 Å². The van der Waals surface area contributed by atoms with E-state index in [0.29, 0.717) is 23.5 Å². The Morgan fingerprint density at radius 3 is 2.31 bits per heavy atom. The number of carbonyl (C=O) groups excluding carboxylic acids is 2. The summed E-state index contributed by atoms with van der Waals surface area (Å²) in [6.45, 7) is 4.55. The zero-order valence-corrected chi connectivity index (χ0v) is 18.1. The van der Waals surface area contributed by atoms with Crippen LogP contribution in [0.2, 0.25) is 0 Å². The molecule has 2 amide bonds. The van der Waals surface area contributed by atoms with Crippen molar-refractivity contribution in [3.8, 4) is 5.75 Å². The van der Waals surface area contributed by atoms with Crippen molar-refractivity contribution < 1.29 is 14.3 Å². The SMILES string of the molecule is CCOc1ccc(NC(=O)c2ccc(NC(=O)Cc3c[nH]c4cccc(C)c34)cc2)cc1. The Kier molecular flexibility index (Phi) is 6.22. The number of aromatic nitrogens is 1. The number of anilines is 2. The third-order valence-corrected chi connectivity index (χ3v) is 5.20. The number of rotatable bonds is 7. The molecule has 3 aromatic carbocycles. The quantitative estimate of drug-likeness (QED) is 0.374. The van der Waals surface area contributed by atoms with Crippen molar-refractivity contribution in [3.63, 3.8) is 0 Å². The molecule has 0 saturated carbocycles. The molecular formula is C26H25N3O3. The van der Waals surface area contributed by atoms with Crippen LogP contribution in [-0.4, -0.2) is 23.4 Å². The largest absolute Gasteiger partial charge is 0.494 e. The highest BCUT2D eigenvalue weighted by Crippen LogP contribution is 2.23. The summed E-state index contributed by atoms with van der Waals surface area (Å²) in [7, 11) is 0. The molecule has 1 aromatic heterocycles. The number of hydrogen-bond donors (Lipinski definition) is 3. The van der Waals surface area contributed by atoms with Crippen molar-refractivity contribution in [2.75, 3.05) is 17.2 Å². The topological polar surface area (TPSA) is 83.2 Å². The first-order valence-corrected chi connectivity index (χ1v) is 10.5. The fourth-order valence-corrected chi connectivity index (χ4v) is 3.68. The summed E-state index contributed by atoms with van der Waals surface area (Å²) < 4.78 is 5.41. The second-order valence-corrected chi connectivity index (χ2v) is 7.53. The lowest BCUT2D eigenvalue weighted by molar-refractivity contribution is -0.115. The predicted molar refractivity (Wildman–Crippen MR) is 127 cm³/mol. The van der Waals surface area contributed by atoms with Gasteiger partial charge in [-0.1, -0.05) is 12.1 Å². The van der Waals surface area contributed by atoms with Crippen molar-refractivity contribution in [3.05, 3.63) is 89.6 Å². The van der Waals surface area contributed by atoms with Gasteiger partial charge in [-0.2, -0.15) is 0 Å². The van der Waals surface area contributed by atoms with Gasteiger partial charge >= 0.3 is 0 Å². The van der Waals surface area contributed by atoms with Crippen molar-refractivity contribution in [2.45, 2.75) is 20.3 Å². The van der Waals surface area contributed by atoms with E-state index in [2.05, 4.69) is 15.6 Å². The van der Waals surface area contributed by atoms with E-state index in [4.69, 9.17) is 4.74 Å². The second-order valence-electron chi connectivity index (χ2n) is 7.53. The van der Waals surface area contributed by atoms with Crippen LogP contribution in [0.25, 0.3) is 10.9 Å². The van der Waals surface area contributed by atoms with Crippen LogP contribution in [0, 0.1) is 6.92 Å². The maximum atomic E-state index is 12.6. The van der Waals surface area contributed by atoms with E-state index in [1.54, 1.807) is 36.4 Å². The molecule has 6 nitrogen and oxygen atoms in total. The third-order valence-electron chi connectivity index (χ3n) is 5.20. The maximum absolute atomic E-state index is 12.6. The number of H-pyrrole nitrogens is 1. The summed E-state index contributed by atoms with van der Waals surface area (Å²) in [5.41, 5.74) is 4.95. The molecule has 0 fully saturated rings. The minimum Gasteiger partial charge on any atom is -0.494 e. The minimum absolute atomic E-state index is 0.110. The molecule has 0 unspecified atom stereocenters. The van der Waals surface area contributed by atoms with E-state index in [0.717, 1.165) is 27.8 Å². The summed E-state index contributed by atoms with van der Waals surface area (Å²) >= 11 is 0. The number of ether oxygens (including phenoxy) is 1. The Bertz CT molecular complexity index is 1240. The molecule has 0 saturated heterocycles. The molecule has 0 radical (unpaired) electrons. The summed E-state index contributed by atoms with van der Waals surface area (Å²) in [6, 6.07) is 20.1. The predicted octanol–water partition coefficient (Wildman–Crippen LogP) is 5.31. The van der Waals surface area contributed by atoms with Gasteiger partial charge in [0.25, 0.3) is 5.91 Å². The first kappa shape index (κ1) is 21.2. The summed E-state index contributed by atoms with van der Waals surface area (Å²) in [5, 5.41) is 6.84. The number of fused-ring (bicyclic) bond motifs is 1. The van der Waals surface area contributed by atoms with Gasteiger partial charge in [0.1, 0.15) is 5.75 Å². The van der Waals surface area contributed by atoms with E-state index in [1.165, 1.54) is 0 Å². The number of hydrogen-bond acceptors (Lipinski definition) is 3. The summed E-state index contributed by atoms with van der Waals surface area (Å²) in [6.07, 6.45) is 2.15. The fourth-order valence-electron chi connectivity index (χ4n) is 3.68. The van der Waals surface area contributed by atoms with Gasteiger partial charge in [-0.25, -0.2) is 0 Å². The van der Waals surface area contributed by atoms with E-state index in [9.17, 15) is 9.59 Å². The van der Waals surface area contributed by atoms with Crippen LogP contribution >= 0.6 is 0 Å². The molecular weight excluding hydrogens is 402 g/mol. The minimum atomic E-state index is -0.221. The first-order valence-electron chi connectivity index (χ1n) is 10.5. The molecule has 4 aromatic rings. The van der Waals surface area contributed by atoms with Gasteiger partial charge < -0.3 is 20.4 Å². The standard InChI is InChI=1S/C26H25N3O3/c1-3-32-22-13-11-21(12-14-22)29-26(31)18-7-9-20(10-8-18)28-24(30)15-19-16-27-23-6-4-5-17(2)25(19)23/h4-14,16,27H,3,15H2,1-2H3,(H,28,30)(H,29,31). The molecule has 0 aliphatic rings. The molecule has 6 heteroatoms. The van der Waals surface area contributed by atoms with E-state index in [1.807, 2.05) is 50.4 Å². The zero-order chi connectivity index (χ0) is 22.5. The van der Waals surface area contributed by atoms with Crippen molar-refractivity contribution in [2.24, 2.45) is 0 Å². The van der Waals surface area contributed by atoms with Crippen molar-refractivity contribution in [1.82, 2.24) is 4.98 Å². The molecule has 32 heavy (non-hydrogen) atoms. The van der Waals surface area contributed by atoms with Crippen LogP contribution in [0.5, 0.6) is 5.75 Å². The number of aromatic amines is 1. The monoisotopic (exact) mass is 427 g/mol. The number of benzene rings is 3. The van der Waals surface area contributed by atoms with E-state index >= 15 is 0 Å². The smallest absolute Gasteiger partial charge is 0.255 e. The van der Waals surface area contributed by atoms with Crippen LogP contribution in [0.15, 0.2) is 72.9 Å². The Morgan fingerprint density at radius 2 is 1.59 bits per heavy atom. The van der Waals surface area contributed by atoms with E-state index < -0.39 is 0 Å². The number of carbonyl (C=O) groups is 2. The van der Waals surface area contributed by atoms with Crippen LogP contribution in [0.1, 0.15) is 28.4 Å². The molecule has 0 aliphatic carbocycles. The number of nitrogens with one attached hydrogen (secondary N) is 3. The maximum Gasteiger partial charge on any atom is 0.255 e. The third kappa shape index (κ3) is 4.81. The van der Waals surface area contributed by atoms with Gasteiger partial charge in [0.05, 0.1) is 13.0 Å². The van der Waals surface area contributed by atoms with Crippen LogP contribution in [0.3, 0.4) is 0 Å². The molecule has 0 aliphatic heterocycles. The zero-order valence-electron chi connectivity index (χ0n) is 18.1. The highest BCUT2D eigenvalue weighted by atomic mass is 16.5. The Labute approximate surface area is 186 Å². The lowest BCUT2D eigenvalue weighted by Crippen LogP contribution is -2.15. The molecule has 3 N–H and O–H groups in total. The molecule has 1 heterocycles. The van der Waals surface area contributed by atoms with E-state index in [-0.39, 0.29) is 18.2 Å². The van der Waals surface area contributed by atoms with Gasteiger partial charge in [0, 0.05) is 34.0 Å². The average molecular weight is 428 g/mol. The van der Waals surface area contributed by atoms with Gasteiger partial charge in [-0.05, 0) is 79.6 Å². The number of aryl methyl sites for hydroxylation is 1. The Hall–Kier alpha value is -4.06. The molecule has 0 atom stereocenters. The fraction of sp³-hybridized carbons (Fsp3) is 0.154. The van der Waals surface area contributed by atoms with Gasteiger partial charge in [-0.15, -0.1) is 0 Å². The molecule has 4 rings (SSSR count). The van der Waals surface area contributed by atoms with Crippen LogP contribution < -0.4 is 15.4 Å². The lowest BCUT2D eigenvalue weighted by atomic mass is 10.1. The number of amides is 2. The Balaban J connectivity index is 1.36. The van der Waals surface area contributed by atoms with Crippen LogP contribution in [-0.2, 0) is 11.2 Å². The summed E-state index contributed by atoms with van der Waals surface area (Å²) in [5.74, 6) is 0.426. The first-order chi connectivity index (χ1) is 15.5. The van der Waals surface area contributed by atoms with Gasteiger partial charge in [0.2, 0.25) is 5.91 Å². The molecule has 0 spiro atoms. The second kappa shape index (κ2) is 9.39. The highest BCUT2D eigenvalue weighted by Gasteiger charge is 2.12. The molecule has 162 valence electrons. The Morgan fingerprint density at radius 1 is 0.906 bits per heavy atom. The van der Waals surface area contributed by atoms with Crippen molar-refractivity contribution >= 4 is 34.1 Å². The van der Waals surface area contributed by atoms with Crippen LogP contribution in [0.4, 0.5) is 11.4 Å². The molecule has 0 bridgehead atoms. The van der Waals surface area contributed by atoms with Gasteiger partial charge in [0.15, 0.2) is 0 Å². The average Bonchev–Trinajstić information content (AvgIpc) is 3.19. The van der Waals surface area contributed by atoms with Crippen molar-refractivity contribution in [1.29, 1.82) is 0 Å². The lowest BCUT2D eigenvalue weighted by Gasteiger charge is -2.09. The summed E-state index contributed by atoms with van der Waals surface area (Å²) in [4.78, 5) is 28.3.